The minimum atomic E-state index is -0.726. The summed E-state index contributed by atoms with van der Waals surface area (Å²) in [5, 5.41) is 23.3. The Morgan fingerprint density at radius 1 is 1.30 bits per heavy atom. The van der Waals surface area contributed by atoms with Gasteiger partial charge in [-0.25, -0.2) is 4.79 Å². The van der Waals surface area contributed by atoms with E-state index < -0.39 is 5.60 Å². The summed E-state index contributed by atoms with van der Waals surface area (Å²) in [6, 6.07) is 6.82. The largest absolute Gasteiger partial charge is 0.421 e. The Hall–Kier alpha value is -2.41. The zero-order valence-corrected chi connectivity index (χ0v) is 13.0. The third kappa shape index (κ3) is 3.68. The minimum Gasteiger partial charge on any atom is -0.421 e. The number of aliphatic hydroxyl groups is 1. The lowest BCUT2D eigenvalue weighted by Gasteiger charge is -2.36. The molecule has 3 N–H and O–H groups in total. The van der Waals surface area contributed by atoms with Crippen molar-refractivity contribution in [2.24, 2.45) is 0 Å². The maximum atomic E-state index is 11.8. The molecule has 122 valence electrons. The zero-order valence-electron chi connectivity index (χ0n) is 13.0. The summed E-state index contributed by atoms with van der Waals surface area (Å²) in [6.45, 7) is 2.22. The molecule has 7 nitrogen and oxygen atoms in total. The molecule has 7 heteroatoms. The normalized spacial score (nSPS) is 15.7. The van der Waals surface area contributed by atoms with Crippen LogP contribution in [0.2, 0.25) is 0 Å². The molecule has 1 heterocycles. The molecule has 1 saturated carbocycles. The van der Waals surface area contributed by atoms with Crippen LogP contribution in [0.4, 0.5) is 10.5 Å². The molecule has 0 aliphatic heterocycles. The lowest BCUT2D eigenvalue weighted by atomic mass is 9.80. The molecule has 1 aromatic carbocycles. The Morgan fingerprint density at radius 2 is 2.04 bits per heavy atom. The molecule has 1 fully saturated rings. The van der Waals surface area contributed by atoms with Gasteiger partial charge in [-0.05, 0) is 43.5 Å². The van der Waals surface area contributed by atoms with Crippen LogP contribution in [0.1, 0.15) is 32.1 Å². The highest BCUT2D eigenvalue weighted by Gasteiger charge is 2.34. The third-order valence-electron chi connectivity index (χ3n) is 4.02. The van der Waals surface area contributed by atoms with Gasteiger partial charge in [-0.3, -0.25) is 0 Å². The molecule has 0 bridgehead atoms. The van der Waals surface area contributed by atoms with Crippen molar-refractivity contribution in [1.29, 1.82) is 0 Å². The topological polar surface area (TPSA) is 100 Å². The van der Waals surface area contributed by atoms with E-state index in [9.17, 15) is 9.90 Å². The molecular formula is C16H20N4O3. The van der Waals surface area contributed by atoms with E-state index in [2.05, 4.69) is 20.8 Å². The standard InChI is InChI=1S/C16H20N4O3/c1-2-13-19-20-14(23-13)11-4-6-12(7-5-11)18-15(21)17-10-16(22)8-3-9-16/h4-7,22H,2-3,8-10H2,1H3,(H2,17,18,21). The Morgan fingerprint density at radius 3 is 2.61 bits per heavy atom. The number of nitrogens with zero attached hydrogens (tertiary/aromatic N) is 2. The van der Waals surface area contributed by atoms with E-state index in [1.54, 1.807) is 12.1 Å². The van der Waals surface area contributed by atoms with Crippen molar-refractivity contribution in [3.8, 4) is 11.5 Å². The fraction of sp³-hybridized carbons (Fsp3) is 0.438. The number of rotatable bonds is 5. The predicted octanol–water partition coefficient (Wildman–Crippen LogP) is 2.34. The van der Waals surface area contributed by atoms with Crippen LogP contribution in [0, 0.1) is 0 Å². The van der Waals surface area contributed by atoms with Gasteiger partial charge >= 0.3 is 6.03 Å². The van der Waals surface area contributed by atoms with Crippen LogP contribution in [0.25, 0.3) is 11.5 Å². The molecule has 2 amide bonds. The van der Waals surface area contributed by atoms with Gasteiger partial charge in [-0.1, -0.05) is 6.92 Å². The lowest BCUT2D eigenvalue weighted by molar-refractivity contribution is -0.0287. The van der Waals surface area contributed by atoms with Gasteiger partial charge in [0.05, 0.1) is 5.60 Å². The second-order valence-electron chi connectivity index (χ2n) is 5.82. The van der Waals surface area contributed by atoms with E-state index in [0.29, 0.717) is 23.9 Å². The maximum Gasteiger partial charge on any atom is 0.319 e. The molecule has 23 heavy (non-hydrogen) atoms. The van der Waals surface area contributed by atoms with Crippen molar-refractivity contribution < 1.29 is 14.3 Å². The SMILES string of the molecule is CCc1nnc(-c2ccc(NC(=O)NCC3(O)CCC3)cc2)o1. The fourth-order valence-electron chi connectivity index (χ4n) is 2.39. The van der Waals surface area contributed by atoms with Crippen molar-refractivity contribution in [2.45, 2.75) is 38.2 Å². The molecule has 1 aliphatic rings. The van der Waals surface area contributed by atoms with Gasteiger partial charge in [0.15, 0.2) is 0 Å². The summed E-state index contributed by atoms with van der Waals surface area (Å²) in [7, 11) is 0. The van der Waals surface area contributed by atoms with Crippen LogP contribution in [0.3, 0.4) is 0 Å². The maximum absolute atomic E-state index is 11.8. The summed E-state index contributed by atoms with van der Waals surface area (Å²) in [5.41, 5.74) is 0.727. The second-order valence-corrected chi connectivity index (χ2v) is 5.82. The zero-order chi connectivity index (χ0) is 16.3. The average Bonchev–Trinajstić information content (AvgIpc) is 3.01. The number of aryl methyl sites for hydroxylation is 1. The minimum absolute atomic E-state index is 0.276. The number of carbonyl (C=O) groups excluding carboxylic acids is 1. The first kappa shape index (κ1) is 15.5. The van der Waals surface area contributed by atoms with Gasteiger partial charge in [-0.2, -0.15) is 0 Å². The molecule has 0 radical (unpaired) electrons. The monoisotopic (exact) mass is 316 g/mol. The number of urea groups is 1. The number of aromatic nitrogens is 2. The quantitative estimate of drug-likeness (QED) is 0.786. The first-order valence-corrected chi connectivity index (χ1v) is 7.78. The van der Waals surface area contributed by atoms with E-state index in [-0.39, 0.29) is 12.6 Å². The van der Waals surface area contributed by atoms with Gasteiger partial charge in [-0.15, -0.1) is 10.2 Å². The first-order chi connectivity index (χ1) is 11.1. The fourth-order valence-corrected chi connectivity index (χ4v) is 2.39. The number of amides is 2. The Bertz CT molecular complexity index is 677. The molecule has 3 rings (SSSR count). The lowest BCUT2D eigenvalue weighted by Crippen LogP contribution is -2.48. The van der Waals surface area contributed by atoms with Crippen molar-refractivity contribution in [2.75, 3.05) is 11.9 Å². The van der Waals surface area contributed by atoms with Crippen LogP contribution >= 0.6 is 0 Å². The number of hydrogen-bond donors (Lipinski definition) is 3. The van der Waals surface area contributed by atoms with E-state index in [4.69, 9.17) is 4.42 Å². The summed E-state index contributed by atoms with van der Waals surface area (Å²) in [4.78, 5) is 11.8. The third-order valence-corrected chi connectivity index (χ3v) is 4.02. The molecule has 0 spiro atoms. The summed E-state index contributed by atoms with van der Waals surface area (Å²) < 4.78 is 5.48. The smallest absolute Gasteiger partial charge is 0.319 e. The van der Waals surface area contributed by atoms with Crippen LogP contribution < -0.4 is 10.6 Å². The van der Waals surface area contributed by atoms with Gasteiger partial charge in [0.1, 0.15) is 0 Å². The van der Waals surface area contributed by atoms with Crippen LogP contribution in [-0.2, 0) is 6.42 Å². The van der Waals surface area contributed by atoms with Gasteiger partial charge in [0.25, 0.3) is 0 Å². The first-order valence-electron chi connectivity index (χ1n) is 7.78. The van der Waals surface area contributed by atoms with Gasteiger partial charge in [0, 0.05) is 24.2 Å². The number of benzene rings is 1. The molecule has 1 aliphatic carbocycles. The Balaban J connectivity index is 1.55. The van der Waals surface area contributed by atoms with Crippen molar-refractivity contribution in [3.05, 3.63) is 30.2 Å². The number of anilines is 1. The molecular weight excluding hydrogens is 296 g/mol. The van der Waals surface area contributed by atoms with Crippen molar-refractivity contribution >= 4 is 11.7 Å². The highest BCUT2D eigenvalue weighted by Crippen LogP contribution is 2.30. The summed E-state index contributed by atoms with van der Waals surface area (Å²) >= 11 is 0. The van der Waals surface area contributed by atoms with E-state index >= 15 is 0 Å². The predicted molar refractivity (Wildman–Crippen MR) is 84.9 cm³/mol. The molecule has 2 aromatic rings. The molecule has 1 aromatic heterocycles. The number of hydrogen-bond acceptors (Lipinski definition) is 5. The Kier molecular flexibility index (Phi) is 4.29. The highest BCUT2D eigenvalue weighted by molar-refractivity contribution is 5.89. The van der Waals surface area contributed by atoms with Crippen LogP contribution in [-0.4, -0.2) is 33.5 Å². The highest BCUT2D eigenvalue weighted by atomic mass is 16.4. The van der Waals surface area contributed by atoms with Crippen LogP contribution in [0.5, 0.6) is 0 Å². The van der Waals surface area contributed by atoms with Gasteiger partial charge in [0.2, 0.25) is 11.8 Å². The number of nitrogens with one attached hydrogen (secondary N) is 2. The second kappa shape index (κ2) is 6.37. The van der Waals surface area contributed by atoms with E-state index in [1.807, 2.05) is 19.1 Å². The van der Waals surface area contributed by atoms with Gasteiger partial charge < -0.3 is 20.2 Å². The van der Waals surface area contributed by atoms with E-state index in [1.165, 1.54) is 0 Å². The average molecular weight is 316 g/mol. The summed E-state index contributed by atoms with van der Waals surface area (Å²) in [6.07, 6.45) is 3.19. The van der Waals surface area contributed by atoms with E-state index in [0.717, 1.165) is 24.8 Å². The van der Waals surface area contributed by atoms with Crippen LogP contribution in [0.15, 0.2) is 28.7 Å². The molecule has 0 saturated heterocycles. The molecule has 0 unspecified atom stereocenters. The van der Waals surface area contributed by atoms with Crippen molar-refractivity contribution in [3.63, 3.8) is 0 Å². The van der Waals surface area contributed by atoms with Crippen molar-refractivity contribution in [1.82, 2.24) is 15.5 Å². The Labute approximate surface area is 134 Å². The number of carbonyl (C=O) groups is 1. The summed E-state index contributed by atoms with van der Waals surface area (Å²) in [5.74, 6) is 1.06. The molecule has 0 atom stereocenters.